The summed E-state index contributed by atoms with van der Waals surface area (Å²) in [6.07, 6.45) is 2.73. The van der Waals surface area contributed by atoms with Crippen molar-refractivity contribution in [2.75, 3.05) is 33.5 Å². The van der Waals surface area contributed by atoms with Crippen molar-refractivity contribution in [3.63, 3.8) is 0 Å². The SMILES string of the molecule is CNCC1CCN(C(=O)c2cnc(-c3ccc4c(c3)OCO4)s2)C1.Cl. The van der Waals surface area contributed by atoms with Crippen molar-refractivity contribution >= 4 is 29.7 Å². The number of rotatable bonds is 4. The van der Waals surface area contributed by atoms with Crippen LogP contribution in [0.15, 0.2) is 24.4 Å². The van der Waals surface area contributed by atoms with Crippen LogP contribution in [0.2, 0.25) is 0 Å². The van der Waals surface area contributed by atoms with E-state index in [0.717, 1.165) is 48.1 Å². The average Bonchev–Trinajstić information content (AvgIpc) is 3.33. The molecule has 1 amide bonds. The van der Waals surface area contributed by atoms with Gasteiger partial charge in [0.1, 0.15) is 9.88 Å². The molecule has 8 heteroatoms. The molecule has 0 bridgehead atoms. The predicted molar refractivity (Wildman–Crippen MR) is 98.9 cm³/mol. The fourth-order valence-corrected chi connectivity index (χ4v) is 4.04. The maximum Gasteiger partial charge on any atom is 0.265 e. The van der Waals surface area contributed by atoms with Gasteiger partial charge in [-0.3, -0.25) is 4.79 Å². The Morgan fingerprint density at radius 1 is 1.40 bits per heavy atom. The number of ether oxygens (including phenoxy) is 2. The molecule has 2 aliphatic rings. The van der Waals surface area contributed by atoms with Gasteiger partial charge in [0.05, 0.1) is 6.20 Å². The van der Waals surface area contributed by atoms with Crippen LogP contribution in [0.25, 0.3) is 10.6 Å². The Balaban J connectivity index is 0.00000182. The highest BCUT2D eigenvalue weighted by Gasteiger charge is 2.27. The predicted octanol–water partition coefficient (Wildman–Crippen LogP) is 2.64. The molecule has 2 aromatic rings. The van der Waals surface area contributed by atoms with Gasteiger partial charge in [-0.15, -0.1) is 23.7 Å². The molecular formula is C17H20ClN3O3S. The van der Waals surface area contributed by atoms with Crippen molar-refractivity contribution in [1.82, 2.24) is 15.2 Å². The van der Waals surface area contributed by atoms with Crippen LogP contribution in [0.4, 0.5) is 0 Å². The third-order valence-electron chi connectivity index (χ3n) is 4.40. The van der Waals surface area contributed by atoms with Crippen LogP contribution in [0.3, 0.4) is 0 Å². The average molecular weight is 382 g/mol. The van der Waals surface area contributed by atoms with Gasteiger partial charge < -0.3 is 19.7 Å². The van der Waals surface area contributed by atoms with E-state index in [1.165, 1.54) is 11.3 Å². The van der Waals surface area contributed by atoms with Gasteiger partial charge in [-0.05, 0) is 44.1 Å². The molecule has 1 aromatic heterocycles. The van der Waals surface area contributed by atoms with E-state index in [1.54, 1.807) is 6.20 Å². The summed E-state index contributed by atoms with van der Waals surface area (Å²) in [5.74, 6) is 2.10. The number of fused-ring (bicyclic) bond motifs is 1. The maximum absolute atomic E-state index is 12.7. The van der Waals surface area contributed by atoms with E-state index in [1.807, 2.05) is 30.1 Å². The molecule has 0 aliphatic carbocycles. The third kappa shape index (κ3) is 3.58. The fourth-order valence-electron chi connectivity index (χ4n) is 3.16. The lowest BCUT2D eigenvalue weighted by Gasteiger charge is -2.15. The summed E-state index contributed by atoms with van der Waals surface area (Å²) >= 11 is 1.43. The number of hydrogen-bond acceptors (Lipinski definition) is 6. The monoisotopic (exact) mass is 381 g/mol. The highest BCUT2D eigenvalue weighted by Crippen LogP contribution is 2.37. The lowest BCUT2D eigenvalue weighted by Crippen LogP contribution is -2.29. The van der Waals surface area contributed by atoms with Crippen LogP contribution < -0.4 is 14.8 Å². The standard InChI is InChI=1S/C17H19N3O3S.ClH/c1-18-7-11-4-5-20(9-11)17(21)15-8-19-16(24-15)12-2-3-13-14(6-12)23-10-22-13;/h2-3,6,8,11,18H,4-5,7,9-10H2,1H3;1H. The Bertz CT molecular complexity index is 767. The van der Waals surface area contributed by atoms with E-state index in [2.05, 4.69) is 10.3 Å². The van der Waals surface area contributed by atoms with E-state index in [-0.39, 0.29) is 25.1 Å². The highest BCUT2D eigenvalue weighted by molar-refractivity contribution is 7.16. The molecule has 0 radical (unpaired) electrons. The molecule has 1 aromatic carbocycles. The summed E-state index contributed by atoms with van der Waals surface area (Å²) < 4.78 is 10.7. The number of nitrogens with zero attached hydrogens (tertiary/aromatic N) is 2. The maximum atomic E-state index is 12.7. The minimum Gasteiger partial charge on any atom is -0.454 e. The van der Waals surface area contributed by atoms with Gasteiger partial charge in [0.25, 0.3) is 5.91 Å². The lowest BCUT2D eigenvalue weighted by atomic mass is 10.1. The van der Waals surface area contributed by atoms with Crippen LogP contribution in [-0.2, 0) is 0 Å². The van der Waals surface area contributed by atoms with E-state index in [4.69, 9.17) is 9.47 Å². The molecular weight excluding hydrogens is 362 g/mol. The number of amides is 1. The van der Waals surface area contributed by atoms with Gasteiger partial charge in [-0.2, -0.15) is 0 Å². The summed E-state index contributed by atoms with van der Waals surface area (Å²) in [5, 5.41) is 4.01. The van der Waals surface area contributed by atoms with Gasteiger partial charge in [-0.25, -0.2) is 4.98 Å². The first-order valence-electron chi connectivity index (χ1n) is 8.04. The summed E-state index contributed by atoms with van der Waals surface area (Å²) in [5.41, 5.74) is 0.942. The lowest BCUT2D eigenvalue weighted by molar-refractivity contribution is 0.0791. The molecule has 6 nitrogen and oxygen atoms in total. The number of likely N-dealkylation sites (tertiary alicyclic amines) is 1. The molecule has 1 fully saturated rings. The number of aromatic nitrogens is 1. The van der Waals surface area contributed by atoms with E-state index in [0.29, 0.717) is 10.8 Å². The first-order valence-corrected chi connectivity index (χ1v) is 8.86. The van der Waals surface area contributed by atoms with Crippen molar-refractivity contribution in [2.24, 2.45) is 5.92 Å². The van der Waals surface area contributed by atoms with Crippen LogP contribution >= 0.6 is 23.7 Å². The Labute approximate surface area is 156 Å². The van der Waals surface area contributed by atoms with Crippen molar-refractivity contribution in [3.05, 3.63) is 29.3 Å². The molecule has 25 heavy (non-hydrogen) atoms. The molecule has 1 atom stereocenters. The van der Waals surface area contributed by atoms with Gasteiger partial charge >= 0.3 is 0 Å². The number of benzene rings is 1. The van der Waals surface area contributed by atoms with Crippen LogP contribution in [0, 0.1) is 5.92 Å². The Kier molecular flexibility index (Phi) is 5.46. The number of thiazole rings is 1. The van der Waals surface area contributed by atoms with Crippen molar-refractivity contribution in [2.45, 2.75) is 6.42 Å². The van der Waals surface area contributed by atoms with Gasteiger partial charge in [0.2, 0.25) is 6.79 Å². The van der Waals surface area contributed by atoms with E-state index < -0.39 is 0 Å². The normalized spacial score (nSPS) is 18.3. The first kappa shape index (κ1) is 18.0. The molecule has 1 saturated heterocycles. The van der Waals surface area contributed by atoms with Crippen LogP contribution in [0.1, 0.15) is 16.1 Å². The Morgan fingerprint density at radius 3 is 3.08 bits per heavy atom. The summed E-state index contributed by atoms with van der Waals surface area (Å²) in [6, 6.07) is 5.73. The van der Waals surface area contributed by atoms with Crippen molar-refractivity contribution in [3.8, 4) is 22.1 Å². The number of carbonyl (C=O) groups excluding carboxylic acids is 1. The highest BCUT2D eigenvalue weighted by atomic mass is 35.5. The quantitative estimate of drug-likeness (QED) is 0.882. The topological polar surface area (TPSA) is 63.7 Å². The molecule has 0 spiro atoms. The zero-order valence-corrected chi connectivity index (χ0v) is 15.5. The molecule has 1 N–H and O–H groups in total. The summed E-state index contributed by atoms with van der Waals surface area (Å²) in [7, 11) is 1.95. The zero-order valence-electron chi connectivity index (χ0n) is 13.9. The largest absolute Gasteiger partial charge is 0.454 e. The number of nitrogens with one attached hydrogen (secondary N) is 1. The molecule has 4 rings (SSSR count). The second kappa shape index (κ2) is 7.59. The third-order valence-corrected chi connectivity index (χ3v) is 5.44. The number of halogens is 1. The Morgan fingerprint density at radius 2 is 2.24 bits per heavy atom. The Hall–Kier alpha value is -1.83. The van der Waals surface area contributed by atoms with Gasteiger partial charge in [0.15, 0.2) is 11.5 Å². The second-order valence-electron chi connectivity index (χ2n) is 6.06. The molecule has 1 unspecified atom stereocenters. The van der Waals surface area contributed by atoms with E-state index in [9.17, 15) is 4.79 Å². The van der Waals surface area contributed by atoms with E-state index >= 15 is 0 Å². The number of hydrogen-bond donors (Lipinski definition) is 1. The molecule has 2 aliphatic heterocycles. The minimum atomic E-state index is 0. The van der Waals surface area contributed by atoms with Crippen molar-refractivity contribution < 1.29 is 14.3 Å². The van der Waals surface area contributed by atoms with Crippen LogP contribution in [-0.4, -0.2) is 49.3 Å². The summed E-state index contributed by atoms with van der Waals surface area (Å²) in [6.45, 7) is 2.84. The van der Waals surface area contributed by atoms with Crippen LogP contribution in [0.5, 0.6) is 11.5 Å². The minimum absolute atomic E-state index is 0. The zero-order chi connectivity index (χ0) is 16.5. The second-order valence-corrected chi connectivity index (χ2v) is 7.09. The number of carbonyl (C=O) groups is 1. The smallest absolute Gasteiger partial charge is 0.265 e. The molecule has 0 saturated carbocycles. The van der Waals surface area contributed by atoms with Gasteiger partial charge in [-0.1, -0.05) is 0 Å². The molecule has 3 heterocycles. The van der Waals surface area contributed by atoms with Gasteiger partial charge in [0, 0.05) is 18.7 Å². The summed E-state index contributed by atoms with van der Waals surface area (Å²) in [4.78, 5) is 19.7. The fraction of sp³-hybridized carbons (Fsp3) is 0.412. The first-order chi connectivity index (χ1) is 11.7. The van der Waals surface area contributed by atoms with Crippen molar-refractivity contribution in [1.29, 1.82) is 0 Å². The molecule has 134 valence electrons.